The molecule has 19 heavy (non-hydrogen) atoms. The number of phenolic OH excluding ortho intramolecular Hbond substituents is 2. The lowest BCUT2D eigenvalue weighted by molar-refractivity contribution is 0.408. The fourth-order valence-corrected chi connectivity index (χ4v) is 3.46. The average molecular weight is 256 g/mol. The smallest absolute Gasteiger partial charge is 0.165 e. The van der Waals surface area contributed by atoms with Crippen molar-refractivity contribution in [1.82, 2.24) is 0 Å². The first-order chi connectivity index (χ1) is 8.99. The SMILES string of the molecule is Cc1cc2c(O)c(O)cc(C)c2c2c1CCC(C)C2. The summed E-state index contributed by atoms with van der Waals surface area (Å²) < 4.78 is 0. The summed E-state index contributed by atoms with van der Waals surface area (Å²) in [6.07, 6.45) is 3.43. The summed E-state index contributed by atoms with van der Waals surface area (Å²) >= 11 is 0. The van der Waals surface area contributed by atoms with Gasteiger partial charge in [0.05, 0.1) is 0 Å². The van der Waals surface area contributed by atoms with Crippen molar-refractivity contribution in [3.8, 4) is 11.5 Å². The number of rotatable bonds is 0. The van der Waals surface area contributed by atoms with Crippen molar-refractivity contribution in [2.45, 2.75) is 40.0 Å². The van der Waals surface area contributed by atoms with Crippen molar-refractivity contribution in [3.63, 3.8) is 0 Å². The Balaban J connectivity index is 2.44. The molecule has 0 bridgehead atoms. The van der Waals surface area contributed by atoms with Gasteiger partial charge in [0.15, 0.2) is 11.5 Å². The van der Waals surface area contributed by atoms with Crippen molar-refractivity contribution in [2.75, 3.05) is 0 Å². The summed E-state index contributed by atoms with van der Waals surface area (Å²) in [4.78, 5) is 0. The molecule has 2 aromatic rings. The summed E-state index contributed by atoms with van der Waals surface area (Å²) in [5.41, 5.74) is 5.10. The molecule has 0 aromatic heterocycles. The molecular weight excluding hydrogens is 236 g/mol. The van der Waals surface area contributed by atoms with Crippen LogP contribution in [0.4, 0.5) is 0 Å². The summed E-state index contributed by atoms with van der Waals surface area (Å²) in [6.45, 7) is 6.40. The van der Waals surface area contributed by atoms with E-state index in [1.807, 2.05) is 13.0 Å². The Kier molecular flexibility index (Phi) is 2.70. The molecule has 0 amide bonds. The fourth-order valence-electron chi connectivity index (χ4n) is 3.46. The lowest BCUT2D eigenvalue weighted by Gasteiger charge is -2.26. The van der Waals surface area contributed by atoms with Crippen LogP contribution in [-0.2, 0) is 12.8 Å². The molecule has 0 saturated heterocycles. The zero-order valence-electron chi connectivity index (χ0n) is 11.7. The third-order valence-corrected chi connectivity index (χ3v) is 4.46. The van der Waals surface area contributed by atoms with Gasteiger partial charge in [0.25, 0.3) is 0 Å². The normalized spacial score (nSPS) is 18.6. The Morgan fingerprint density at radius 1 is 1.05 bits per heavy atom. The molecule has 0 aliphatic heterocycles. The lowest BCUT2D eigenvalue weighted by atomic mass is 9.79. The minimum atomic E-state index is -0.0202. The van der Waals surface area contributed by atoms with Crippen LogP contribution >= 0.6 is 0 Å². The number of benzene rings is 2. The Hall–Kier alpha value is -1.70. The molecule has 1 aliphatic carbocycles. The average Bonchev–Trinajstić information content (AvgIpc) is 2.35. The summed E-state index contributed by atoms with van der Waals surface area (Å²) in [7, 11) is 0. The van der Waals surface area contributed by atoms with Gasteiger partial charge in [0.1, 0.15) is 0 Å². The van der Waals surface area contributed by atoms with Crippen LogP contribution < -0.4 is 0 Å². The number of aromatic hydroxyl groups is 2. The van der Waals surface area contributed by atoms with Gasteiger partial charge in [0.2, 0.25) is 0 Å². The molecule has 1 atom stereocenters. The van der Waals surface area contributed by atoms with Crippen LogP contribution in [0.5, 0.6) is 11.5 Å². The van der Waals surface area contributed by atoms with Crippen LogP contribution in [-0.4, -0.2) is 10.2 Å². The highest BCUT2D eigenvalue weighted by Crippen LogP contribution is 2.42. The second-order valence-corrected chi connectivity index (χ2v) is 5.98. The Morgan fingerprint density at radius 3 is 2.53 bits per heavy atom. The van der Waals surface area contributed by atoms with Crippen molar-refractivity contribution in [1.29, 1.82) is 0 Å². The fraction of sp³-hybridized carbons (Fsp3) is 0.412. The molecule has 2 heteroatoms. The van der Waals surface area contributed by atoms with Crippen LogP contribution in [0.25, 0.3) is 10.8 Å². The maximum absolute atomic E-state index is 10.1. The summed E-state index contributed by atoms with van der Waals surface area (Å²) in [5, 5.41) is 21.9. The molecule has 1 unspecified atom stereocenters. The topological polar surface area (TPSA) is 40.5 Å². The van der Waals surface area contributed by atoms with Gasteiger partial charge in [-0.3, -0.25) is 0 Å². The minimum Gasteiger partial charge on any atom is -0.504 e. The van der Waals surface area contributed by atoms with E-state index in [1.165, 1.54) is 23.1 Å². The lowest BCUT2D eigenvalue weighted by Crippen LogP contribution is -2.13. The van der Waals surface area contributed by atoms with Gasteiger partial charge in [-0.05, 0) is 78.8 Å². The van der Waals surface area contributed by atoms with Gasteiger partial charge >= 0.3 is 0 Å². The van der Waals surface area contributed by atoms with Crippen LogP contribution in [0.1, 0.15) is 35.6 Å². The van der Waals surface area contributed by atoms with Gasteiger partial charge < -0.3 is 10.2 Å². The molecule has 0 saturated carbocycles. The van der Waals surface area contributed by atoms with Crippen molar-refractivity contribution in [2.24, 2.45) is 5.92 Å². The quantitative estimate of drug-likeness (QED) is 0.700. The third kappa shape index (κ3) is 1.78. The first kappa shape index (κ1) is 12.3. The maximum Gasteiger partial charge on any atom is 0.165 e. The molecule has 2 aromatic carbocycles. The van der Waals surface area contributed by atoms with Crippen molar-refractivity contribution < 1.29 is 10.2 Å². The minimum absolute atomic E-state index is 0.0183. The highest BCUT2D eigenvalue weighted by atomic mass is 16.3. The molecular formula is C17H20O2. The Bertz CT molecular complexity index is 671. The van der Waals surface area contributed by atoms with Crippen molar-refractivity contribution in [3.05, 3.63) is 34.4 Å². The number of fused-ring (bicyclic) bond motifs is 3. The van der Waals surface area contributed by atoms with E-state index in [0.717, 1.165) is 29.2 Å². The zero-order chi connectivity index (χ0) is 13.7. The molecule has 2 N–H and O–H groups in total. The molecule has 1 aliphatic rings. The number of phenols is 2. The Morgan fingerprint density at radius 2 is 1.79 bits per heavy atom. The van der Waals surface area contributed by atoms with E-state index in [4.69, 9.17) is 0 Å². The highest BCUT2D eigenvalue weighted by Gasteiger charge is 2.22. The zero-order valence-corrected chi connectivity index (χ0v) is 11.7. The van der Waals surface area contributed by atoms with Crippen LogP contribution in [0, 0.1) is 19.8 Å². The van der Waals surface area contributed by atoms with Crippen molar-refractivity contribution >= 4 is 10.8 Å². The van der Waals surface area contributed by atoms with Crippen LogP contribution in [0.2, 0.25) is 0 Å². The molecule has 2 nitrogen and oxygen atoms in total. The monoisotopic (exact) mass is 256 g/mol. The standard InChI is InChI=1S/C17H20O2/c1-9-4-5-12-10(2)7-14-16(13(12)6-9)11(3)8-15(18)17(14)19/h7-9,18-19H,4-6H2,1-3H3. The van der Waals surface area contributed by atoms with Gasteiger partial charge in [-0.15, -0.1) is 0 Å². The van der Waals surface area contributed by atoms with E-state index in [-0.39, 0.29) is 11.5 Å². The molecule has 0 spiro atoms. The first-order valence-corrected chi connectivity index (χ1v) is 6.95. The maximum atomic E-state index is 10.1. The van der Waals surface area contributed by atoms with Crippen LogP contribution in [0.15, 0.2) is 12.1 Å². The first-order valence-electron chi connectivity index (χ1n) is 6.95. The molecule has 0 fully saturated rings. The van der Waals surface area contributed by atoms with Crippen LogP contribution in [0.3, 0.4) is 0 Å². The van der Waals surface area contributed by atoms with E-state index in [2.05, 4.69) is 13.8 Å². The molecule has 3 rings (SSSR count). The number of hydrogen-bond donors (Lipinski definition) is 2. The van der Waals surface area contributed by atoms with Gasteiger partial charge in [0, 0.05) is 5.39 Å². The molecule has 0 heterocycles. The Labute approximate surface area is 113 Å². The van der Waals surface area contributed by atoms with E-state index in [9.17, 15) is 10.2 Å². The largest absolute Gasteiger partial charge is 0.504 e. The van der Waals surface area contributed by atoms with E-state index in [1.54, 1.807) is 6.07 Å². The molecule has 0 radical (unpaired) electrons. The highest BCUT2D eigenvalue weighted by molar-refractivity contribution is 5.97. The van der Waals surface area contributed by atoms with Gasteiger partial charge in [-0.25, -0.2) is 0 Å². The number of aryl methyl sites for hydroxylation is 2. The summed E-state index contributed by atoms with van der Waals surface area (Å²) in [5.74, 6) is 0.686. The predicted octanol–water partition coefficient (Wildman–Crippen LogP) is 3.99. The van der Waals surface area contributed by atoms with E-state index >= 15 is 0 Å². The van der Waals surface area contributed by atoms with E-state index in [0.29, 0.717) is 5.92 Å². The molecule has 100 valence electrons. The number of hydrogen-bond acceptors (Lipinski definition) is 2. The summed E-state index contributed by atoms with van der Waals surface area (Å²) in [6, 6.07) is 3.69. The third-order valence-electron chi connectivity index (χ3n) is 4.46. The van der Waals surface area contributed by atoms with Gasteiger partial charge in [-0.2, -0.15) is 0 Å². The van der Waals surface area contributed by atoms with Gasteiger partial charge in [-0.1, -0.05) is 6.92 Å². The predicted molar refractivity (Wildman–Crippen MR) is 77.9 cm³/mol. The van der Waals surface area contributed by atoms with E-state index < -0.39 is 0 Å². The second kappa shape index (κ2) is 4.16. The second-order valence-electron chi connectivity index (χ2n) is 5.98.